The van der Waals surface area contributed by atoms with Crippen molar-refractivity contribution in [1.29, 1.82) is 0 Å². The quantitative estimate of drug-likeness (QED) is 0.563. The Bertz CT molecular complexity index is 538. The van der Waals surface area contributed by atoms with Crippen molar-refractivity contribution < 1.29 is 28.0 Å². The smallest absolute Gasteiger partial charge is 0.329 e. The Kier molecular flexibility index (Phi) is 3.97. The summed E-state index contributed by atoms with van der Waals surface area (Å²) in [5.74, 6) is -2.00. The van der Waals surface area contributed by atoms with E-state index in [0.29, 0.717) is 0 Å². The number of phenolic OH excluding ortho intramolecular Hbond substituents is 1. The molecule has 0 aliphatic rings. The number of phenols is 1. The third-order valence-electron chi connectivity index (χ3n) is 2.07. The van der Waals surface area contributed by atoms with Crippen LogP contribution in [0.1, 0.15) is 16.4 Å². The molecule has 0 fully saturated rings. The van der Waals surface area contributed by atoms with Crippen LogP contribution in [0.25, 0.3) is 0 Å². The molecule has 0 aliphatic heterocycles. The molecule has 0 saturated heterocycles. The van der Waals surface area contributed by atoms with E-state index in [1.54, 1.807) is 0 Å². The Labute approximate surface area is 102 Å². The van der Waals surface area contributed by atoms with Gasteiger partial charge < -0.3 is 10.2 Å². The summed E-state index contributed by atoms with van der Waals surface area (Å²) in [5.41, 5.74) is 0.00696. The molecule has 1 unspecified atom stereocenters. The number of carbonyl (C=O) groups is 1. The van der Waals surface area contributed by atoms with Gasteiger partial charge in [-0.2, -0.15) is 8.42 Å². The molecule has 6 nitrogen and oxygen atoms in total. The average Bonchev–Trinajstić information content (AvgIpc) is 2.18. The summed E-state index contributed by atoms with van der Waals surface area (Å²) < 4.78 is 30.7. The Balaban J connectivity index is 3.35. The number of alkyl halides is 1. The van der Waals surface area contributed by atoms with Crippen LogP contribution >= 0.6 is 11.6 Å². The van der Waals surface area contributed by atoms with Crippen LogP contribution in [0.15, 0.2) is 18.2 Å². The van der Waals surface area contributed by atoms with E-state index < -0.39 is 21.3 Å². The number of halogens is 1. The van der Waals surface area contributed by atoms with Crippen molar-refractivity contribution >= 4 is 27.7 Å². The van der Waals surface area contributed by atoms with Crippen molar-refractivity contribution in [2.24, 2.45) is 0 Å². The van der Waals surface area contributed by atoms with Gasteiger partial charge in [-0.05, 0) is 17.7 Å². The molecule has 1 atom stereocenters. The van der Waals surface area contributed by atoms with E-state index in [1.807, 2.05) is 0 Å². The zero-order chi connectivity index (χ0) is 13.2. The van der Waals surface area contributed by atoms with Crippen LogP contribution in [0.3, 0.4) is 0 Å². The van der Waals surface area contributed by atoms with E-state index >= 15 is 0 Å². The Morgan fingerprint density at radius 1 is 1.41 bits per heavy atom. The number of hydrogen-bond acceptors (Lipinski definition) is 4. The number of rotatable bonds is 4. The van der Waals surface area contributed by atoms with Gasteiger partial charge in [0.2, 0.25) is 5.25 Å². The maximum absolute atomic E-state index is 10.9. The largest absolute Gasteiger partial charge is 0.508 e. The minimum atomic E-state index is -4.78. The molecule has 1 aromatic rings. The van der Waals surface area contributed by atoms with E-state index in [0.717, 1.165) is 18.2 Å². The van der Waals surface area contributed by atoms with Crippen LogP contribution in [-0.4, -0.2) is 29.2 Å². The summed E-state index contributed by atoms with van der Waals surface area (Å²) in [5, 5.41) is 16.0. The summed E-state index contributed by atoms with van der Waals surface area (Å²) in [4.78, 5) is 10.8. The van der Waals surface area contributed by atoms with Gasteiger partial charge in [0.25, 0.3) is 10.1 Å². The summed E-state index contributed by atoms with van der Waals surface area (Å²) in [7, 11) is -4.78. The fourth-order valence-corrected chi connectivity index (χ4v) is 2.28. The topological polar surface area (TPSA) is 112 Å². The van der Waals surface area contributed by atoms with Gasteiger partial charge in [0, 0.05) is 5.56 Å². The first kappa shape index (κ1) is 13.8. The zero-order valence-corrected chi connectivity index (χ0v) is 9.94. The lowest BCUT2D eigenvalue weighted by Gasteiger charge is -2.11. The third kappa shape index (κ3) is 3.09. The highest BCUT2D eigenvalue weighted by Crippen LogP contribution is 2.27. The van der Waals surface area contributed by atoms with Crippen LogP contribution in [0, 0.1) is 0 Å². The number of carboxylic acid groups (broad SMARTS) is 1. The van der Waals surface area contributed by atoms with Crippen LogP contribution in [0.5, 0.6) is 5.75 Å². The molecule has 1 rings (SSSR count). The van der Waals surface area contributed by atoms with Gasteiger partial charge in [-0.25, -0.2) is 0 Å². The fraction of sp³-hybridized carbons (Fsp3) is 0.222. The summed E-state index contributed by atoms with van der Waals surface area (Å²) in [6, 6.07) is 3.33. The maximum Gasteiger partial charge on any atom is 0.329 e. The van der Waals surface area contributed by atoms with Gasteiger partial charge in [0.05, 0.1) is 5.88 Å². The van der Waals surface area contributed by atoms with Crippen LogP contribution in [0.4, 0.5) is 0 Å². The van der Waals surface area contributed by atoms with Crippen LogP contribution in [0.2, 0.25) is 0 Å². The first-order valence-electron chi connectivity index (χ1n) is 4.34. The van der Waals surface area contributed by atoms with Gasteiger partial charge in [-0.1, -0.05) is 6.07 Å². The van der Waals surface area contributed by atoms with Gasteiger partial charge in [0.1, 0.15) is 5.75 Å². The molecule has 0 bridgehead atoms. The van der Waals surface area contributed by atoms with E-state index in [1.165, 1.54) is 0 Å². The lowest BCUT2D eigenvalue weighted by molar-refractivity contribution is -0.136. The van der Waals surface area contributed by atoms with Crippen LogP contribution < -0.4 is 0 Å². The first-order chi connectivity index (χ1) is 7.77. The predicted molar refractivity (Wildman–Crippen MR) is 59.6 cm³/mol. The molecular formula is C9H9ClO6S. The molecule has 8 heteroatoms. The fourth-order valence-electron chi connectivity index (χ4n) is 1.32. The monoisotopic (exact) mass is 280 g/mol. The molecule has 0 heterocycles. The second kappa shape index (κ2) is 4.91. The Hall–Kier alpha value is -1.31. The molecule has 0 spiro atoms. The number of benzene rings is 1. The van der Waals surface area contributed by atoms with E-state index in [-0.39, 0.29) is 22.8 Å². The standard InChI is InChI=1S/C9H9ClO6S/c10-4-6-3-5(1-2-7(6)11)8(9(12)13)17(14,15)16/h1-3,8,11H,4H2,(H,12,13)(H,14,15,16). The second-order valence-corrected chi connectivity index (χ2v) is 5.02. The lowest BCUT2D eigenvalue weighted by Crippen LogP contribution is -2.21. The normalized spacial score (nSPS) is 13.3. The lowest BCUT2D eigenvalue weighted by atomic mass is 10.1. The molecule has 0 amide bonds. The third-order valence-corrected chi connectivity index (χ3v) is 3.43. The van der Waals surface area contributed by atoms with Crippen molar-refractivity contribution in [2.75, 3.05) is 0 Å². The molecule has 1 aromatic carbocycles. The molecule has 3 N–H and O–H groups in total. The number of carboxylic acids is 1. The Morgan fingerprint density at radius 3 is 2.41 bits per heavy atom. The molecule has 0 aliphatic carbocycles. The van der Waals surface area contributed by atoms with Crippen molar-refractivity contribution in [2.45, 2.75) is 11.1 Å². The SMILES string of the molecule is O=C(O)C(c1ccc(O)c(CCl)c1)S(=O)(=O)O. The second-order valence-electron chi connectivity index (χ2n) is 3.26. The van der Waals surface area contributed by atoms with E-state index in [9.17, 15) is 18.3 Å². The van der Waals surface area contributed by atoms with Crippen molar-refractivity contribution in [3.63, 3.8) is 0 Å². The van der Waals surface area contributed by atoms with Gasteiger partial charge >= 0.3 is 5.97 Å². The van der Waals surface area contributed by atoms with Gasteiger partial charge in [-0.3, -0.25) is 9.35 Å². The molecule has 0 radical (unpaired) electrons. The van der Waals surface area contributed by atoms with E-state index in [4.69, 9.17) is 21.3 Å². The highest BCUT2D eigenvalue weighted by molar-refractivity contribution is 7.86. The minimum Gasteiger partial charge on any atom is -0.508 e. The molecule has 94 valence electrons. The van der Waals surface area contributed by atoms with Crippen LogP contribution in [-0.2, 0) is 20.8 Å². The number of aromatic hydroxyl groups is 1. The summed E-state index contributed by atoms with van der Waals surface area (Å²) in [6.07, 6.45) is 0. The Morgan fingerprint density at radius 2 is 2.00 bits per heavy atom. The first-order valence-corrected chi connectivity index (χ1v) is 6.38. The predicted octanol–water partition coefficient (Wildman–Crippen LogP) is 1.14. The highest BCUT2D eigenvalue weighted by Gasteiger charge is 2.33. The molecule has 17 heavy (non-hydrogen) atoms. The number of hydrogen-bond donors (Lipinski definition) is 3. The van der Waals surface area contributed by atoms with Crippen molar-refractivity contribution in [1.82, 2.24) is 0 Å². The maximum atomic E-state index is 10.9. The average molecular weight is 281 g/mol. The van der Waals surface area contributed by atoms with E-state index in [2.05, 4.69) is 0 Å². The number of aliphatic carboxylic acids is 1. The summed E-state index contributed by atoms with van der Waals surface area (Å²) >= 11 is 5.48. The van der Waals surface area contributed by atoms with Crippen molar-refractivity contribution in [3.05, 3.63) is 29.3 Å². The van der Waals surface area contributed by atoms with Crippen molar-refractivity contribution in [3.8, 4) is 5.75 Å². The van der Waals surface area contributed by atoms with Gasteiger partial charge in [-0.15, -0.1) is 11.6 Å². The van der Waals surface area contributed by atoms with Gasteiger partial charge in [0.15, 0.2) is 0 Å². The zero-order valence-electron chi connectivity index (χ0n) is 8.37. The minimum absolute atomic E-state index is 0.114. The molecular weight excluding hydrogens is 272 g/mol. The molecule has 0 saturated carbocycles. The molecule has 0 aromatic heterocycles. The highest BCUT2D eigenvalue weighted by atomic mass is 35.5. The summed E-state index contributed by atoms with van der Waals surface area (Å²) in [6.45, 7) is 0.